The molecule has 0 bridgehead atoms. The molecule has 1 aliphatic heterocycles. The van der Waals surface area contributed by atoms with Crippen molar-refractivity contribution < 1.29 is 22.7 Å². The third-order valence-electron chi connectivity index (χ3n) is 5.08. The third kappa shape index (κ3) is 4.58. The van der Waals surface area contributed by atoms with Gasteiger partial charge >= 0.3 is 4.87 Å². The number of fused-ring (bicyclic) bond motifs is 2. The fourth-order valence-electron chi connectivity index (χ4n) is 3.58. The molecule has 1 aromatic heterocycles. The van der Waals surface area contributed by atoms with Gasteiger partial charge in [-0.1, -0.05) is 11.3 Å². The lowest BCUT2D eigenvalue weighted by molar-refractivity contribution is -0.116. The van der Waals surface area contributed by atoms with Gasteiger partial charge in [0.15, 0.2) is 11.5 Å². The Morgan fingerprint density at radius 3 is 2.72 bits per heavy atom. The molecular weight excluding hydrogens is 454 g/mol. The molecule has 11 heteroatoms. The Bertz CT molecular complexity index is 1330. The van der Waals surface area contributed by atoms with Crippen LogP contribution in [0.2, 0.25) is 0 Å². The molecule has 2 heterocycles. The first-order valence-corrected chi connectivity index (χ1v) is 12.7. The smallest absolute Gasteiger partial charge is 0.308 e. The van der Waals surface area contributed by atoms with Crippen LogP contribution in [0.1, 0.15) is 19.8 Å². The van der Waals surface area contributed by atoms with Gasteiger partial charge in [0.05, 0.1) is 22.2 Å². The first kappa shape index (κ1) is 22.2. The highest BCUT2D eigenvalue weighted by molar-refractivity contribution is 7.92. The first-order valence-electron chi connectivity index (χ1n) is 10.1. The van der Waals surface area contributed by atoms with Crippen LogP contribution in [0.25, 0.3) is 10.2 Å². The Morgan fingerprint density at radius 2 is 1.97 bits per heavy atom. The number of nitrogens with zero attached hydrogens (tertiary/aromatic N) is 2. The molecule has 170 valence electrons. The lowest BCUT2D eigenvalue weighted by Gasteiger charge is -2.22. The molecule has 1 N–H and O–H groups in total. The summed E-state index contributed by atoms with van der Waals surface area (Å²) in [6, 6.07) is 10.3. The quantitative estimate of drug-likeness (QED) is 0.535. The maximum absolute atomic E-state index is 12.4. The summed E-state index contributed by atoms with van der Waals surface area (Å²) in [4.78, 5) is 24.4. The van der Waals surface area contributed by atoms with Gasteiger partial charge in [-0.15, -0.1) is 0 Å². The van der Waals surface area contributed by atoms with E-state index in [0.29, 0.717) is 35.8 Å². The van der Waals surface area contributed by atoms with Gasteiger partial charge in [0, 0.05) is 31.3 Å². The Hall–Kier alpha value is -3.05. The highest BCUT2D eigenvalue weighted by atomic mass is 32.2. The lowest BCUT2D eigenvalue weighted by Crippen LogP contribution is -2.31. The van der Waals surface area contributed by atoms with Crippen LogP contribution >= 0.6 is 11.3 Å². The van der Waals surface area contributed by atoms with E-state index in [4.69, 9.17) is 9.47 Å². The molecule has 0 unspecified atom stereocenters. The topological polar surface area (TPSA) is 107 Å². The number of carbonyl (C=O) groups is 1. The predicted molar refractivity (Wildman–Crippen MR) is 124 cm³/mol. The van der Waals surface area contributed by atoms with Crippen molar-refractivity contribution in [2.75, 3.05) is 29.2 Å². The second-order valence-corrected chi connectivity index (χ2v) is 10.2. The number of carbonyl (C=O) groups excluding carboxylic acids is 1. The van der Waals surface area contributed by atoms with Gasteiger partial charge in [-0.2, -0.15) is 0 Å². The monoisotopic (exact) mass is 477 g/mol. The minimum Gasteiger partial charge on any atom is -0.454 e. The lowest BCUT2D eigenvalue weighted by atomic mass is 10.2. The molecule has 2 aromatic carbocycles. The fraction of sp³-hybridized carbons (Fsp3) is 0.333. The van der Waals surface area contributed by atoms with E-state index in [0.717, 1.165) is 27.8 Å². The third-order valence-corrected chi connectivity index (χ3v) is 7.21. The van der Waals surface area contributed by atoms with E-state index in [1.807, 2.05) is 13.0 Å². The summed E-state index contributed by atoms with van der Waals surface area (Å²) >= 11 is 1.14. The minimum atomic E-state index is -3.55. The van der Waals surface area contributed by atoms with E-state index in [-0.39, 0.29) is 30.5 Å². The van der Waals surface area contributed by atoms with Gasteiger partial charge in [0.2, 0.25) is 22.7 Å². The average molecular weight is 478 g/mol. The molecule has 0 atom stereocenters. The van der Waals surface area contributed by atoms with Crippen LogP contribution < -0.4 is 24.0 Å². The molecular formula is C21H23N3O6S2. The van der Waals surface area contributed by atoms with E-state index in [1.54, 1.807) is 34.9 Å². The zero-order valence-corrected chi connectivity index (χ0v) is 19.3. The van der Waals surface area contributed by atoms with E-state index in [2.05, 4.69) is 5.32 Å². The number of ether oxygens (including phenoxy) is 2. The maximum Gasteiger partial charge on any atom is 0.308 e. The second kappa shape index (κ2) is 8.83. The van der Waals surface area contributed by atoms with Crippen molar-refractivity contribution in [1.82, 2.24) is 4.57 Å². The standard InChI is InChI=1S/C21H23N3O6S2/c1-3-23-16-8-6-14(11-19(16)31-21(23)26)22-20(25)5-4-10-24(32(2,27)28)15-7-9-17-18(12-15)30-13-29-17/h6-9,11-12H,3-5,10,13H2,1-2H3,(H,22,25). The fourth-order valence-corrected chi connectivity index (χ4v) is 5.53. The SMILES string of the molecule is CCn1c(=O)sc2cc(NC(=O)CCCN(c3ccc4c(c3)OCO4)S(C)(=O)=O)ccc21. The Kier molecular flexibility index (Phi) is 6.11. The zero-order chi connectivity index (χ0) is 22.9. The van der Waals surface area contributed by atoms with Crippen LogP contribution in [-0.4, -0.2) is 38.5 Å². The molecule has 9 nitrogen and oxygen atoms in total. The summed E-state index contributed by atoms with van der Waals surface area (Å²) in [5.41, 5.74) is 1.90. The molecule has 1 aliphatic rings. The Balaban J connectivity index is 1.39. The first-order chi connectivity index (χ1) is 15.3. The number of nitrogens with one attached hydrogen (secondary N) is 1. The highest BCUT2D eigenvalue weighted by Crippen LogP contribution is 2.36. The number of hydrogen-bond donors (Lipinski definition) is 1. The number of hydrogen-bond acceptors (Lipinski definition) is 7. The van der Waals surface area contributed by atoms with Crippen LogP contribution in [-0.2, 0) is 21.4 Å². The van der Waals surface area contributed by atoms with Crippen LogP contribution in [0.4, 0.5) is 11.4 Å². The molecule has 0 fully saturated rings. The number of sulfonamides is 1. The molecule has 3 aromatic rings. The molecule has 0 saturated carbocycles. The Morgan fingerprint density at radius 1 is 1.19 bits per heavy atom. The molecule has 4 rings (SSSR count). The van der Waals surface area contributed by atoms with Gasteiger partial charge in [-0.05, 0) is 43.7 Å². The summed E-state index contributed by atoms with van der Waals surface area (Å²) in [6.07, 6.45) is 1.59. The van der Waals surface area contributed by atoms with Crippen LogP contribution in [0.5, 0.6) is 11.5 Å². The van der Waals surface area contributed by atoms with Crippen LogP contribution in [0.15, 0.2) is 41.2 Å². The highest BCUT2D eigenvalue weighted by Gasteiger charge is 2.21. The normalized spacial score (nSPS) is 12.8. The molecule has 0 aliphatic carbocycles. The van der Waals surface area contributed by atoms with Crippen molar-refractivity contribution in [1.29, 1.82) is 0 Å². The molecule has 0 spiro atoms. The van der Waals surface area contributed by atoms with Gasteiger partial charge in [-0.3, -0.25) is 18.5 Å². The predicted octanol–water partition coefficient (Wildman–Crippen LogP) is 3.00. The number of anilines is 2. The summed E-state index contributed by atoms with van der Waals surface area (Å²) < 4.78 is 38.9. The van der Waals surface area contributed by atoms with Crippen molar-refractivity contribution >= 4 is 48.9 Å². The molecule has 32 heavy (non-hydrogen) atoms. The Labute approximate surface area is 189 Å². The van der Waals surface area contributed by atoms with E-state index in [1.165, 1.54) is 4.31 Å². The summed E-state index contributed by atoms with van der Waals surface area (Å²) in [5.74, 6) is 0.826. The summed E-state index contributed by atoms with van der Waals surface area (Å²) in [6.45, 7) is 2.74. The van der Waals surface area contributed by atoms with Gasteiger partial charge in [0.25, 0.3) is 0 Å². The molecule has 0 saturated heterocycles. The van der Waals surface area contributed by atoms with Crippen molar-refractivity contribution in [3.8, 4) is 11.5 Å². The largest absolute Gasteiger partial charge is 0.454 e. The van der Waals surface area contributed by atoms with Gasteiger partial charge < -0.3 is 14.8 Å². The van der Waals surface area contributed by atoms with E-state index in [9.17, 15) is 18.0 Å². The maximum atomic E-state index is 12.4. The number of benzene rings is 2. The van der Waals surface area contributed by atoms with Crippen molar-refractivity contribution in [3.05, 3.63) is 46.1 Å². The second-order valence-electron chi connectivity index (χ2n) is 7.32. The van der Waals surface area contributed by atoms with E-state index < -0.39 is 10.0 Å². The van der Waals surface area contributed by atoms with Crippen molar-refractivity contribution in [2.45, 2.75) is 26.3 Å². The summed E-state index contributed by atoms with van der Waals surface area (Å²) in [5, 5.41) is 2.82. The average Bonchev–Trinajstić information content (AvgIpc) is 3.32. The zero-order valence-electron chi connectivity index (χ0n) is 17.7. The van der Waals surface area contributed by atoms with Crippen molar-refractivity contribution in [2.24, 2.45) is 0 Å². The number of aromatic nitrogens is 1. The minimum absolute atomic E-state index is 0.0321. The van der Waals surface area contributed by atoms with Crippen molar-refractivity contribution in [3.63, 3.8) is 0 Å². The van der Waals surface area contributed by atoms with Gasteiger partial charge in [-0.25, -0.2) is 8.42 Å². The number of aryl methyl sites for hydroxylation is 1. The number of thiazole rings is 1. The molecule has 0 radical (unpaired) electrons. The van der Waals surface area contributed by atoms with Gasteiger partial charge in [0.1, 0.15) is 0 Å². The number of amides is 1. The van der Waals surface area contributed by atoms with Crippen LogP contribution in [0.3, 0.4) is 0 Å². The molecule has 1 amide bonds. The van der Waals surface area contributed by atoms with E-state index >= 15 is 0 Å². The van der Waals surface area contributed by atoms with Crippen LogP contribution in [0, 0.1) is 0 Å². The summed E-state index contributed by atoms with van der Waals surface area (Å²) in [7, 11) is -3.55. The number of rotatable bonds is 8.